The van der Waals surface area contributed by atoms with E-state index in [0.29, 0.717) is 0 Å². The first kappa shape index (κ1) is 51.9. The molecule has 0 amide bonds. The molecule has 0 aliphatic heterocycles. The topological polar surface area (TPSA) is 26.3 Å². The number of rotatable bonds is 2. The van der Waals surface area contributed by atoms with Gasteiger partial charge in [-0.1, -0.05) is 258 Å². The zero-order valence-corrected chi connectivity index (χ0v) is 53.4. The van der Waals surface area contributed by atoms with Crippen molar-refractivity contribution in [1.82, 2.24) is 0 Å². The highest BCUT2D eigenvalue weighted by Crippen LogP contribution is 2.71. The minimum absolute atomic E-state index is 0.246. The average molecular weight is 1220 g/mol. The van der Waals surface area contributed by atoms with Crippen LogP contribution in [0.5, 0.6) is 0 Å². The molecule has 15 aromatic carbocycles. The third-order valence-corrected chi connectivity index (χ3v) is 24.3. The van der Waals surface area contributed by atoms with Crippen LogP contribution in [0, 0.1) is 0 Å². The van der Waals surface area contributed by atoms with E-state index in [4.69, 9.17) is 8.83 Å². The third-order valence-electron chi connectivity index (χ3n) is 24.3. The molecule has 2 aromatic heterocycles. The summed E-state index contributed by atoms with van der Waals surface area (Å²) in [5.74, 6) is 0. The van der Waals surface area contributed by atoms with Gasteiger partial charge in [0.05, 0.1) is 10.8 Å². The summed E-state index contributed by atoms with van der Waals surface area (Å²) in [6.45, 7) is 9.65. The lowest BCUT2D eigenvalue weighted by molar-refractivity contribution is 0.660. The highest BCUT2D eigenvalue weighted by molar-refractivity contribution is 6.25. The van der Waals surface area contributed by atoms with Crippen LogP contribution in [0.4, 0.5) is 0 Å². The number of hydrogen-bond donors (Lipinski definition) is 0. The molecule has 6 aliphatic rings. The summed E-state index contributed by atoms with van der Waals surface area (Å²) in [4.78, 5) is 0. The molecular formula is C94H58O2. The Labute approximate surface area is 555 Å². The Morgan fingerprint density at radius 3 is 0.854 bits per heavy atom. The van der Waals surface area contributed by atoms with Crippen molar-refractivity contribution in [2.75, 3.05) is 0 Å². The van der Waals surface area contributed by atoms with E-state index >= 15 is 0 Å². The van der Waals surface area contributed by atoms with Gasteiger partial charge in [0.15, 0.2) is 0 Å². The molecule has 0 saturated carbocycles. The smallest absolute Gasteiger partial charge is 0.143 e. The molecule has 446 valence electrons. The van der Waals surface area contributed by atoms with Crippen LogP contribution >= 0.6 is 0 Å². The van der Waals surface area contributed by atoms with Crippen molar-refractivity contribution in [1.29, 1.82) is 0 Å². The molecule has 0 saturated heterocycles. The van der Waals surface area contributed by atoms with E-state index in [2.05, 4.69) is 307 Å². The van der Waals surface area contributed by atoms with Gasteiger partial charge in [-0.25, -0.2) is 0 Å². The standard InChI is InChI=1S/C94H58O2/c1-91(2)69-37-17-13-33-59(69)83-57-31-7-5-25-51(57)63(45-77(83)91)65-47-79-85(87-61-35-15-23-43-81(61)95-89(65)87)67-49-76-68(50-75(67)93(79)71-39-19-9-27-53(71)54-28-10-20-40-72(54)93)86-80(94(76)73-41-21-11-29-55(73)56-30-12-22-42-74(56)94)48-66(90-88(86)62-36-16-24-44-82(62)96-90)64-46-78-84(58-32-8-6-26-52(58)64)60-34-14-18-38-70(60)92(78,3)4/h5-50H,1-4H3. The quantitative estimate of drug-likeness (QED) is 0.172. The van der Waals surface area contributed by atoms with E-state index in [-0.39, 0.29) is 10.8 Å². The predicted octanol–water partition coefficient (Wildman–Crippen LogP) is 24.4. The van der Waals surface area contributed by atoms with Gasteiger partial charge < -0.3 is 8.83 Å². The number of para-hydroxylation sites is 2. The zero-order valence-electron chi connectivity index (χ0n) is 53.4. The first-order chi connectivity index (χ1) is 47.2. The molecule has 2 heteroatoms. The normalized spacial score (nSPS) is 15.6. The molecule has 2 nitrogen and oxygen atoms in total. The fourth-order valence-corrected chi connectivity index (χ4v) is 20.5. The van der Waals surface area contributed by atoms with Crippen LogP contribution in [-0.2, 0) is 21.7 Å². The van der Waals surface area contributed by atoms with Gasteiger partial charge in [0.25, 0.3) is 0 Å². The maximum atomic E-state index is 7.59. The summed E-state index contributed by atoms with van der Waals surface area (Å²) < 4.78 is 15.2. The molecule has 96 heavy (non-hydrogen) atoms. The van der Waals surface area contributed by atoms with Gasteiger partial charge in [0, 0.05) is 43.5 Å². The summed E-state index contributed by atoms with van der Waals surface area (Å²) in [5, 5.41) is 9.50. The fraction of sp³-hybridized carbons (Fsp3) is 0.0851. The van der Waals surface area contributed by atoms with E-state index in [1.807, 2.05) is 0 Å². The molecule has 2 heterocycles. The Kier molecular flexibility index (Phi) is 9.41. The van der Waals surface area contributed by atoms with Crippen molar-refractivity contribution in [2.45, 2.75) is 49.4 Å². The summed E-state index contributed by atoms with van der Waals surface area (Å²) in [6, 6.07) is 107. The second-order valence-corrected chi connectivity index (χ2v) is 29.0. The third kappa shape index (κ3) is 5.82. The van der Waals surface area contributed by atoms with Crippen molar-refractivity contribution < 1.29 is 8.83 Å². The van der Waals surface area contributed by atoms with Crippen molar-refractivity contribution in [2.24, 2.45) is 0 Å². The lowest BCUT2D eigenvalue weighted by Gasteiger charge is -2.32. The molecule has 6 aliphatic carbocycles. The van der Waals surface area contributed by atoms with Crippen LogP contribution in [0.25, 0.3) is 154 Å². The highest BCUT2D eigenvalue weighted by Gasteiger charge is 2.58. The maximum Gasteiger partial charge on any atom is 0.143 e. The van der Waals surface area contributed by atoms with Crippen molar-refractivity contribution >= 4 is 65.4 Å². The molecule has 0 radical (unpaired) electrons. The van der Waals surface area contributed by atoms with Crippen molar-refractivity contribution in [3.05, 3.63) is 346 Å². The number of furan rings is 2. The van der Waals surface area contributed by atoms with Crippen LogP contribution < -0.4 is 0 Å². The Bertz CT molecular complexity index is 6040. The number of fused-ring (bicyclic) bond motifs is 38. The fourth-order valence-electron chi connectivity index (χ4n) is 20.5. The Hall–Kier alpha value is -11.6. The number of hydrogen-bond acceptors (Lipinski definition) is 2. The van der Waals surface area contributed by atoms with E-state index < -0.39 is 10.8 Å². The number of benzene rings is 15. The van der Waals surface area contributed by atoms with E-state index in [1.165, 1.54) is 166 Å². The summed E-state index contributed by atoms with van der Waals surface area (Å²) in [5.41, 5.74) is 37.2. The predicted molar refractivity (Wildman–Crippen MR) is 395 cm³/mol. The molecule has 0 atom stereocenters. The van der Waals surface area contributed by atoms with E-state index in [0.717, 1.165) is 55.0 Å². The Morgan fingerprint density at radius 2 is 0.479 bits per heavy atom. The first-order valence-corrected chi connectivity index (χ1v) is 34.1. The van der Waals surface area contributed by atoms with Gasteiger partial charge >= 0.3 is 0 Å². The minimum Gasteiger partial charge on any atom is -0.455 e. The maximum absolute atomic E-state index is 7.59. The molecular weight excluding hydrogens is 1160 g/mol. The molecule has 23 rings (SSSR count). The molecule has 0 bridgehead atoms. The van der Waals surface area contributed by atoms with Crippen molar-refractivity contribution in [3.8, 4) is 89.0 Å². The lowest BCUT2D eigenvalue weighted by atomic mass is 9.68. The molecule has 17 aromatic rings. The van der Waals surface area contributed by atoms with Crippen LogP contribution in [0.2, 0.25) is 0 Å². The summed E-state index contributed by atoms with van der Waals surface area (Å²) in [6.07, 6.45) is 0. The van der Waals surface area contributed by atoms with Gasteiger partial charge in [-0.2, -0.15) is 0 Å². The van der Waals surface area contributed by atoms with Gasteiger partial charge in [0.1, 0.15) is 22.3 Å². The van der Waals surface area contributed by atoms with Gasteiger partial charge in [-0.15, -0.1) is 0 Å². The minimum atomic E-state index is -0.761. The largest absolute Gasteiger partial charge is 0.455 e. The SMILES string of the molecule is CC1(C)c2ccccc2-c2c1cc(-c1cc3c(c4c1oc1ccccc14)-c1cc4c(cc1C31c3ccccc3-c3ccccc31)-c1c(cc(-c3cc5c(c6ccccc36)-c3ccccc3C5(C)C)c3oc5ccccc5c13)C41c3ccccc3-c3ccccc31)c1ccccc21. The van der Waals surface area contributed by atoms with Gasteiger partial charge in [-0.05, 0) is 215 Å². The zero-order chi connectivity index (χ0) is 63.0. The monoisotopic (exact) mass is 1220 g/mol. The van der Waals surface area contributed by atoms with E-state index in [9.17, 15) is 0 Å². The highest BCUT2D eigenvalue weighted by atomic mass is 16.3. The average Bonchev–Trinajstić information content (AvgIpc) is 1.48. The van der Waals surface area contributed by atoms with Gasteiger partial charge in [0.2, 0.25) is 0 Å². The molecule has 0 fully saturated rings. The molecule has 0 N–H and O–H groups in total. The Balaban J connectivity index is 0.898. The van der Waals surface area contributed by atoms with Crippen LogP contribution in [0.15, 0.2) is 288 Å². The first-order valence-electron chi connectivity index (χ1n) is 34.1. The van der Waals surface area contributed by atoms with Crippen LogP contribution in [0.3, 0.4) is 0 Å². The summed E-state index contributed by atoms with van der Waals surface area (Å²) in [7, 11) is 0. The second kappa shape index (κ2) is 17.4. The van der Waals surface area contributed by atoms with Crippen molar-refractivity contribution in [3.63, 3.8) is 0 Å². The second-order valence-electron chi connectivity index (χ2n) is 29.0. The van der Waals surface area contributed by atoms with Crippen LogP contribution in [-0.4, -0.2) is 0 Å². The summed E-state index contributed by atoms with van der Waals surface area (Å²) >= 11 is 0. The Morgan fingerprint density at radius 1 is 0.198 bits per heavy atom. The molecule has 0 unspecified atom stereocenters. The van der Waals surface area contributed by atoms with Crippen LogP contribution in [0.1, 0.15) is 94.5 Å². The lowest BCUT2D eigenvalue weighted by Crippen LogP contribution is -2.27. The molecule has 2 spiro atoms. The van der Waals surface area contributed by atoms with Gasteiger partial charge in [-0.3, -0.25) is 0 Å². The van der Waals surface area contributed by atoms with E-state index in [1.54, 1.807) is 0 Å².